The van der Waals surface area contributed by atoms with Crippen molar-refractivity contribution in [3.8, 4) is 80.1 Å². The Morgan fingerprint density at radius 2 is 0.419 bits per heavy atom. The highest BCUT2D eigenvalue weighted by Crippen LogP contribution is 2.46. The molecule has 14 aromatic rings. The topological polar surface area (TPSA) is 96.0 Å². The van der Waals surface area contributed by atoms with Crippen molar-refractivity contribution in [2.24, 2.45) is 0 Å². The molecule has 0 amide bonds. The standard InChI is InChI=1S/C111H112N4O9/c1-7-12-15-18-72-117-104-39-23-31-92(76-104)112(90-59-67-102(68-60-90)124-111-46-30-38-99(83-111)115(95-34-26-42-107(79-95)119-74-20-17-14-9-3)98-37-29-45-110(82-98)122-101-65-49-85(11-5)50-66-101)88-55-51-86(52-56-88)87-53-57-89(58-54-87)113(93-32-24-40-105(77-93)118-73-19-16-13-8-2)96-35-27-44-109(80-96)123-103-69-61-91(62-70-103)114(94-33-25-41-106(78-94)120-75-22-21-71-116-6)97-36-28-43-108(81-97)121-100-63-47-84(10-4)48-64-100/h10-11,23-70,76-83H,4-5,7-9,12-22,71-75H2,1-3,6H3. The molecule has 0 aliphatic heterocycles. The summed E-state index contributed by atoms with van der Waals surface area (Å²) in [6, 6.07) is 116. The molecule has 0 heterocycles. The van der Waals surface area contributed by atoms with E-state index in [4.69, 9.17) is 42.6 Å². The molecular formula is C111H112N4O9. The van der Waals surface area contributed by atoms with Crippen molar-refractivity contribution in [3.63, 3.8) is 0 Å². The first-order valence-corrected chi connectivity index (χ1v) is 43.7. The van der Waals surface area contributed by atoms with Crippen LogP contribution in [-0.2, 0) is 4.74 Å². The highest BCUT2D eigenvalue weighted by atomic mass is 16.5. The Hall–Kier alpha value is -13.9. The molecule has 0 aliphatic rings. The number of hydrogen-bond acceptors (Lipinski definition) is 13. The molecule has 0 saturated heterocycles. The summed E-state index contributed by atoms with van der Waals surface area (Å²) >= 11 is 0. The number of hydrogen-bond donors (Lipinski definition) is 0. The van der Waals surface area contributed by atoms with Gasteiger partial charge in [0.05, 0.1) is 26.4 Å². The summed E-state index contributed by atoms with van der Waals surface area (Å²) in [5.41, 5.74) is 15.3. The van der Waals surface area contributed by atoms with Crippen LogP contribution < -0.4 is 57.5 Å². The van der Waals surface area contributed by atoms with Gasteiger partial charge in [0, 0.05) is 130 Å². The van der Waals surface area contributed by atoms with Crippen molar-refractivity contribution < 1.29 is 42.6 Å². The van der Waals surface area contributed by atoms with E-state index < -0.39 is 0 Å². The molecule has 0 aliphatic carbocycles. The zero-order valence-corrected chi connectivity index (χ0v) is 71.8. The molecule has 0 bridgehead atoms. The minimum Gasteiger partial charge on any atom is -0.494 e. The highest BCUT2D eigenvalue weighted by molar-refractivity contribution is 5.84. The molecule has 14 aromatic carbocycles. The van der Waals surface area contributed by atoms with Crippen LogP contribution in [0.25, 0.3) is 23.3 Å². The predicted molar refractivity (Wildman–Crippen MR) is 512 cm³/mol. The SMILES string of the molecule is C=Cc1ccc(Oc2cccc(N(c3ccc(Oc4cccc(N(c5ccc(-c6ccc(N(c7ccc(Oc8cccc(N(c9cccc(OCCCCCC)c9)c9cccc(Oc%10ccc(C=C)cc%10)c9)c8)cc7)c7cccc(OCCCCCC)c7)cc6)cc5)c5cccc(OCCCCCC)c5)c4)cc3)c3cccc(OCCCCOC)c3)c2)cc1. The van der Waals surface area contributed by atoms with Gasteiger partial charge in [0.25, 0.3) is 0 Å². The predicted octanol–water partition coefficient (Wildman–Crippen LogP) is 32.4. The first kappa shape index (κ1) is 86.5. The van der Waals surface area contributed by atoms with Crippen LogP contribution in [0.15, 0.2) is 353 Å². The number of unbranched alkanes of at least 4 members (excludes halogenated alkanes) is 10. The van der Waals surface area contributed by atoms with Gasteiger partial charge in [-0.25, -0.2) is 0 Å². The Kier molecular flexibility index (Phi) is 31.5. The van der Waals surface area contributed by atoms with Crippen LogP contribution in [0.2, 0.25) is 0 Å². The van der Waals surface area contributed by atoms with E-state index >= 15 is 0 Å². The van der Waals surface area contributed by atoms with Gasteiger partial charge in [0.1, 0.15) is 69.0 Å². The monoisotopic (exact) mass is 1640 g/mol. The van der Waals surface area contributed by atoms with Crippen LogP contribution >= 0.6 is 0 Å². The summed E-state index contributed by atoms with van der Waals surface area (Å²) in [7, 11) is 1.73. The number of benzene rings is 14. The maximum Gasteiger partial charge on any atom is 0.129 e. The zero-order chi connectivity index (χ0) is 85.3. The summed E-state index contributed by atoms with van der Waals surface area (Å²) in [4.78, 5) is 8.94. The number of nitrogens with zero attached hydrogens (tertiary/aromatic N) is 4. The molecule has 0 N–H and O–H groups in total. The Labute approximate surface area is 733 Å². The first-order chi connectivity index (χ1) is 61.2. The van der Waals surface area contributed by atoms with Crippen LogP contribution in [0.3, 0.4) is 0 Å². The summed E-state index contributed by atoms with van der Waals surface area (Å²) in [5, 5.41) is 0. The molecule has 0 fully saturated rings. The van der Waals surface area contributed by atoms with E-state index in [0.717, 1.165) is 189 Å². The van der Waals surface area contributed by atoms with E-state index in [-0.39, 0.29) is 0 Å². The van der Waals surface area contributed by atoms with Gasteiger partial charge in [-0.15, -0.1) is 0 Å². The fraction of sp³-hybridized carbons (Fsp3) is 0.207. The lowest BCUT2D eigenvalue weighted by atomic mass is 10.0. The number of ether oxygens (including phenoxy) is 9. The Morgan fingerprint density at radius 1 is 0.210 bits per heavy atom. The van der Waals surface area contributed by atoms with Gasteiger partial charge in [-0.1, -0.05) is 201 Å². The van der Waals surface area contributed by atoms with Crippen molar-refractivity contribution in [3.05, 3.63) is 364 Å². The second-order valence-electron chi connectivity index (χ2n) is 30.6. The van der Waals surface area contributed by atoms with Gasteiger partial charge in [-0.2, -0.15) is 0 Å². The van der Waals surface area contributed by atoms with Gasteiger partial charge < -0.3 is 62.2 Å². The minimum absolute atomic E-state index is 0.579. The van der Waals surface area contributed by atoms with E-state index in [9.17, 15) is 0 Å². The third kappa shape index (κ3) is 24.3. The van der Waals surface area contributed by atoms with Crippen LogP contribution in [0.5, 0.6) is 69.0 Å². The molecule has 0 saturated carbocycles. The van der Waals surface area contributed by atoms with Crippen molar-refractivity contribution in [2.75, 3.05) is 59.7 Å². The van der Waals surface area contributed by atoms with E-state index in [0.29, 0.717) is 67.5 Å². The molecule has 0 aromatic heterocycles. The summed E-state index contributed by atoms with van der Waals surface area (Å²) < 4.78 is 57.4. The third-order valence-electron chi connectivity index (χ3n) is 21.4. The van der Waals surface area contributed by atoms with Crippen LogP contribution in [0.4, 0.5) is 68.2 Å². The molecule has 13 heteroatoms. The van der Waals surface area contributed by atoms with E-state index in [1.165, 1.54) is 25.7 Å². The Morgan fingerprint density at radius 3 is 0.669 bits per heavy atom. The molecule has 13 nitrogen and oxygen atoms in total. The quantitative estimate of drug-likeness (QED) is 0.0339. The van der Waals surface area contributed by atoms with Gasteiger partial charge >= 0.3 is 0 Å². The van der Waals surface area contributed by atoms with Gasteiger partial charge in [0.2, 0.25) is 0 Å². The molecule has 0 unspecified atom stereocenters. The lowest BCUT2D eigenvalue weighted by Gasteiger charge is -2.27. The summed E-state index contributed by atoms with van der Waals surface area (Å²) in [6.45, 7) is 17.7. The van der Waals surface area contributed by atoms with E-state index in [2.05, 4.69) is 236 Å². The fourth-order valence-corrected chi connectivity index (χ4v) is 14.9. The maximum atomic E-state index is 6.83. The molecule has 630 valence electrons. The van der Waals surface area contributed by atoms with E-state index in [1.54, 1.807) is 7.11 Å². The van der Waals surface area contributed by atoms with E-state index in [1.807, 2.05) is 170 Å². The fourth-order valence-electron chi connectivity index (χ4n) is 14.9. The van der Waals surface area contributed by atoms with Crippen molar-refractivity contribution >= 4 is 80.4 Å². The smallest absolute Gasteiger partial charge is 0.129 e. The van der Waals surface area contributed by atoms with Crippen molar-refractivity contribution in [1.29, 1.82) is 0 Å². The Balaban J connectivity index is 0.728. The molecule has 0 atom stereocenters. The average molecular weight is 1650 g/mol. The molecule has 124 heavy (non-hydrogen) atoms. The first-order valence-electron chi connectivity index (χ1n) is 43.7. The van der Waals surface area contributed by atoms with Gasteiger partial charge in [0.15, 0.2) is 0 Å². The van der Waals surface area contributed by atoms with Crippen molar-refractivity contribution in [2.45, 2.75) is 111 Å². The van der Waals surface area contributed by atoms with Crippen LogP contribution in [0.1, 0.15) is 122 Å². The lowest BCUT2D eigenvalue weighted by molar-refractivity contribution is 0.184. The maximum absolute atomic E-state index is 6.83. The normalized spacial score (nSPS) is 11.0. The minimum atomic E-state index is 0.579. The second-order valence-corrected chi connectivity index (χ2v) is 30.6. The molecule has 0 spiro atoms. The number of rotatable bonds is 47. The lowest BCUT2D eigenvalue weighted by Crippen LogP contribution is -2.11. The van der Waals surface area contributed by atoms with Crippen LogP contribution in [-0.4, -0.2) is 40.1 Å². The van der Waals surface area contributed by atoms with Gasteiger partial charge in [-0.3, -0.25) is 0 Å². The van der Waals surface area contributed by atoms with Crippen LogP contribution in [0, 0.1) is 0 Å². The Bertz CT molecular complexity index is 5660. The summed E-state index contributed by atoms with van der Waals surface area (Å²) in [5.74, 6) is 8.78. The van der Waals surface area contributed by atoms with Crippen molar-refractivity contribution in [1.82, 2.24) is 0 Å². The summed E-state index contributed by atoms with van der Waals surface area (Å²) in [6.07, 6.45) is 18.9. The highest BCUT2D eigenvalue weighted by Gasteiger charge is 2.22. The van der Waals surface area contributed by atoms with Gasteiger partial charge in [-0.05, 0) is 248 Å². The number of methoxy groups -OCH3 is 1. The largest absolute Gasteiger partial charge is 0.494 e. The zero-order valence-electron chi connectivity index (χ0n) is 71.8. The average Bonchev–Trinajstić information content (AvgIpc) is 0.804. The molecule has 14 rings (SSSR count). The molecular weight excluding hydrogens is 1530 g/mol. The third-order valence-corrected chi connectivity index (χ3v) is 21.4. The molecule has 0 radical (unpaired) electrons. The second kappa shape index (κ2) is 45.1. The number of anilines is 12.